The summed E-state index contributed by atoms with van der Waals surface area (Å²) in [6, 6.07) is 19.6. The minimum absolute atomic E-state index is 0.343. The Balaban J connectivity index is 1.67. The van der Waals surface area contributed by atoms with Crippen molar-refractivity contribution in [2.75, 3.05) is 26.2 Å². The van der Waals surface area contributed by atoms with Crippen molar-refractivity contribution in [3.05, 3.63) is 60.2 Å². The highest BCUT2D eigenvalue weighted by atomic mass is 16.6. The van der Waals surface area contributed by atoms with Crippen LogP contribution in [0, 0.1) is 0 Å². The Kier molecular flexibility index (Phi) is 9.10. The molecule has 0 atom stereocenters. The van der Waals surface area contributed by atoms with E-state index in [1.807, 2.05) is 20.8 Å². The van der Waals surface area contributed by atoms with Gasteiger partial charge in [0.2, 0.25) is 0 Å². The molecule has 0 aromatic heterocycles. The van der Waals surface area contributed by atoms with Crippen LogP contribution < -0.4 is 11.1 Å². The molecule has 0 aliphatic rings. The van der Waals surface area contributed by atoms with Gasteiger partial charge in [0.15, 0.2) is 0 Å². The Morgan fingerprint density at radius 1 is 0.909 bits per heavy atom. The molecule has 5 heteroatoms. The summed E-state index contributed by atoms with van der Waals surface area (Å²) in [5.41, 5.74) is 6.68. The predicted molar refractivity (Wildman–Crippen MR) is 138 cm³/mol. The van der Waals surface area contributed by atoms with Crippen LogP contribution in [-0.2, 0) is 11.3 Å². The monoisotopic (exact) mass is 449 g/mol. The summed E-state index contributed by atoms with van der Waals surface area (Å²) in [7, 11) is 0. The normalized spacial score (nSPS) is 11.9. The standard InChI is InChI=1S/C28H39N3O2/c1-28(2,3)33-27(32)30-17-9-11-19-31(18-10-8-16-29)21-26-24-14-6-4-12-22(24)20-23-13-5-7-15-25(23)26/h4-7,12-15,20H,8-11,16-19,21,29H2,1-3H3,(H,30,32). The third kappa shape index (κ3) is 7.72. The first kappa shape index (κ1) is 25.0. The largest absolute Gasteiger partial charge is 0.444 e. The smallest absolute Gasteiger partial charge is 0.407 e. The van der Waals surface area contributed by atoms with Crippen molar-refractivity contribution < 1.29 is 9.53 Å². The average Bonchev–Trinajstić information content (AvgIpc) is 2.77. The molecule has 0 bridgehead atoms. The molecule has 0 saturated heterocycles. The third-order valence-electron chi connectivity index (χ3n) is 5.76. The summed E-state index contributed by atoms with van der Waals surface area (Å²) >= 11 is 0. The van der Waals surface area contributed by atoms with Crippen molar-refractivity contribution in [3.8, 4) is 0 Å². The van der Waals surface area contributed by atoms with Crippen LogP contribution in [0.15, 0.2) is 54.6 Å². The van der Waals surface area contributed by atoms with Crippen molar-refractivity contribution in [2.24, 2.45) is 5.73 Å². The van der Waals surface area contributed by atoms with Gasteiger partial charge in [0.05, 0.1) is 0 Å². The first-order valence-corrected chi connectivity index (χ1v) is 12.2. The molecule has 3 aromatic rings. The van der Waals surface area contributed by atoms with Crippen molar-refractivity contribution in [1.82, 2.24) is 10.2 Å². The quantitative estimate of drug-likeness (QED) is 0.285. The van der Waals surface area contributed by atoms with Gasteiger partial charge in [-0.05, 0) is 99.3 Å². The van der Waals surface area contributed by atoms with E-state index in [-0.39, 0.29) is 6.09 Å². The molecule has 0 aliphatic heterocycles. The van der Waals surface area contributed by atoms with Crippen molar-refractivity contribution in [3.63, 3.8) is 0 Å². The lowest BCUT2D eigenvalue weighted by Crippen LogP contribution is -2.33. The van der Waals surface area contributed by atoms with E-state index in [0.29, 0.717) is 6.54 Å². The Morgan fingerprint density at radius 3 is 2.06 bits per heavy atom. The van der Waals surface area contributed by atoms with E-state index < -0.39 is 5.60 Å². The van der Waals surface area contributed by atoms with Gasteiger partial charge in [-0.25, -0.2) is 4.79 Å². The van der Waals surface area contributed by atoms with Crippen LogP contribution >= 0.6 is 0 Å². The first-order chi connectivity index (χ1) is 15.9. The minimum atomic E-state index is -0.467. The number of ether oxygens (including phenoxy) is 1. The Morgan fingerprint density at radius 2 is 1.48 bits per heavy atom. The number of amides is 1. The van der Waals surface area contributed by atoms with Crippen LogP contribution in [0.1, 0.15) is 52.0 Å². The van der Waals surface area contributed by atoms with Crippen molar-refractivity contribution in [1.29, 1.82) is 0 Å². The number of carbonyl (C=O) groups excluding carboxylic acids is 1. The second kappa shape index (κ2) is 12.0. The number of alkyl carbamates (subject to hydrolysis) is 1. The lowest BCUT2D eigenvalue weighted by atomic mass is 9.96. The second-order valence-electron chi connectivity index (χ2n) is 9.71. The fourth-order valence-electron chi connectivity index (χ4n) is 4.22. The number of unbranched alkanes of at least 4 members (excludes halogenated alkanes) is 2. The van der Waals surface area contributed by atoms with Crippen LogP contribution in [0.4, 0.5) is 4.79 Å². The average molecular weight is 450 g/mol. The molecule has 3 N–H and O–H groups in total. The molecule has 0 aliphatic carbocycles. The lowest BCUT2D eigenvalue weighted by Gasteiger charge is -2.24. The van der Waals surface area contributed by atoms with Gasteiger partial charge in [-0.3, -0.25) is 4.90 Å². The number of nitrogens with zero attached hydrogens (tertiary/aromatic N) is 1. The highest BCUT2D eigenvalue weighted by Gasteiger charge is 2.16. The van der Waals surface area contributed by atoms with Gasteiger partial charge in [0.1, 0.15) is 5.60 Å². The number of nitrogens with one attached hydrogen (secondary N) is 1. The van der Waals surface area contributed by atoms with E-state index in [2.05, 4.69) is 64.8 Å². The molecule has 3 aromatic carbocycles. The first-order valence-electron chi connectivity index (χ1n) is 12.2. The molecule has 0 saturated carbocycles. The molecule has 3 rings (SSSR count). The summed E-state index contributed by atoms with van der Waals surface area (Å²) in [6.45, 7) is 9.90. The van der Waals surface area contributed by atoms with Crippen LogP contribution in [0.25, 0.3) is 21.5 Å². The van der Waals surface area contributed by atoms with E-state index in [4.69, 9.17) is 10.5 Å². The maximum atomic E-state index is 11.9. The molecule has 0 unspecified atom stereocenters. The molecular formula is C28H39N3O2. The van der Waals surface area contributed by atoms with Gasteiger partial charge < -0.3 is 15.8 Å². The number of hydrogen-bond donors (Lipinski definition) is 2. The molecule has 0 fully saturated rings. The second-order valence-corrected chi connectivity index (χ2v) is 9.71. The van der Waals surface area contributed by atoms with Crippen LogP contribution in [0.3, 0.4) is 0 Å². The van der Waals surface area contributed by atoms with E-state index in [1.54, 1.807) is 0 Å². The van der Waals surface area contributed by atoms with Crippen LogP contribution in [0.2, 0.25) is 0 Å². The van der Waals surface area contributed by atoms with Crippen LogP contribution in [0.5, 0.6) is 0 Å². The fraction of sp³-hybridized carbons (Fsp3) is 0.464. The van der Waals surface area contributed by atoms with Gasteiger partial charge in [-0.15, -0.1) is 0 Å². The van der Waals surface area contributed by atoms with E-state index in [9.17, 15) is 4.79 Å². The summed E-state index contributed by atoms with van der Waals surface area (Å²) in [5.74, 6) is 0. The zero-order valence-corrected chi connectivity index (χ0v) is 20.4. The molecule has 5 nitrogen and oxygen atoms in total. The van der Waals surface area contributed by atoms with Gasteiger partial charge in [0.25, 0.3) is 0 Å². The molecule has 0 spiro atoms. The molecular weight excluding hydrogens is 410 g/mol. The Labute approximate surface area is 198 Å². The number of rotatable bonds is 11. The number of nitrogens with two attached hydrogens (primary N) is 1. The highest BCUT2D eigenvalue weighted by Crippen LogP contribution is 2.29. The Bertz CT molecular complexity index is 988. The zero-order chi connectivity index (χ0) is 23.7. The number of benzene rings is 3. The maximum Gasteiger partial charge on any atom is 0.407 e. The molecule has 0 radical (unpaired) electrons. The SMILES string of the molecule is CC(C)(C)OC(=O)NCCCCN(CCCCN)Cc1c2ccccc2cc2ccccc12. The van der Waals surface area contributed by atoms with Crippen molar-refractivity contribution >= 4 is 27.6 Å². The molecule has 1 amide bonds. The van der Waals surface area contributed by atoms with Gasteiger partial charge in [-0.1, -0.05) is 48.5 Å². The summed E-state index contributed by atoms with van der Waals surface area (Å²) in [6.07, 6.45) is 3.72. The molecule has 33 heavy (non-hydrogen) atoms. The van der Waals surface area contributed by atoms with E-state index in [0.717, 1.165) is 51.9 Å². The third-order valence-corrected chi connectivity index (χ3v) is 5.76. The topological polar surface area (TPSA) is 67.6 Å². The van der Waals surface area contributed by atoms with Gasteiger partial charge in [0, 0.05) is 13.1 Å². The van der Waals surface area contributed by atoms with E-state index in [1.165, 1.54) is 27.1 Å². The fourth-order valence-corrected chi connectivity index (χ4v) is 4.22. The molecule has 0 heterocycles. The Hall–Kier alpha value is -2.63. The number of carbonyl (C=O) groups is 1. The van der Waals surface area contributed by atoms with E-state index >= 15 is 0 Å². The van der Waals surface area contributed by atoms with Crippen LogP contribution in [-0.4, -0.2) is 42.8 Å². The zero-order valence-electron chi connectivity index (χ0n) is 20.4. The number of fused-ring (bicyclic) bond motifs is 2. The summed E-state index contributed by atoms with van der Waals surface area (Å²) in [5, 5.41) is 8.09. The van der Waals surface area contributed by atoms with Gasteiger partial charge >= 0.3 is 6.09 Å². The minimum Gasteiger partial charge on any atom is -0.444 e. The maximum absolute atomic E-state index is 11.9. The highest BCUT2D eigenvalue weighted by molar-refractivity contribution is 6.02. The number of hydrogen-bond acceptors (Lipinski definition) is 4. The van der Waals surface area contributed by atoms with Gasteiger partial charge in [-0.2, -0.15) is 0 Å². The molecule has 178 valence electrons. The lowest BCUT2D eigenvalue weighted by molar-refractivity contribution is 0.0526. The van der Waals surface area contributed by atoms with Crippen molar-refractivity contribution in [2.45, 2.75) is 58.6 Å². The predicted octanol–water partition coefficient (Wildman–Crippen LogP) is 5.84. The summed E-state index contributed by atoms with van der Waals surface area (Å²) < 4.78 is 5.32. The summed E-state index contributed by atoms with van der Waals surface area (Å²) in [4.78, 5) is 14.4.